The van der Waals surface area contributed by atoms with E-state index in [-0.39, 0.29) is 19.1 Å². The Morgan fingerprint density at radius 3 is 2.83 bits per heavy atom. The number of hydrazine groups is 1. The Morgan fingerprint density at radius 1 is 1.13 bits per heavy atom. The van der Waals surface area contributed by atoms with Crippen LogP contribution in [0.4, 0.5) is 0 Å². The molecule has 23 heavy (non-hydrogen) atoms. The number of benzene rings is 1. The van der Waals surface area contributed by atoms with Gasteiger partial charge in [0, 0.05) is 24.4 Å². The van der Waals surface area contributed by atoms with Gasteiger partial charge in [-0.3, -0.25) is 25.4 Å². The zero-order valence-electron chi connectivity index (χ0n) is 12.2. The highest BCUT2D eigenvalue weighted by Gasteiger charge is 2.16. The SMILES string of the molecule is O=C(CCc1cccnc1)NNC(=O)c1ccc2c(c1)OCO2. The summed E-state index contributed by atoms with van der Waals surface area (Å²) in [4.78, 5) is 27.7. The number of carbonyl (C=O) groups excluding carboxylic acids is 2. The molecule has 2 amide bonds. The van der Waals surface area contributed by atoms with E-state index in [1.165, 1.54) is 0 Å². The van der Waals surface area contributed by atoms with Crippen molar-refractivity contribution in [2.24, 2.45) is 0 Å². The fourth-order valence-corrected chi connectivity index (χ4v) is 2.10. The predicted octanol–water partition coefficient (Wildman–Crippen LogP) is 1.20. The zero-order chi connectivity index (χ0) is 16.1. The van der Waals surface area contributed by atoms with Crippen LogP contribution in [0.1, 0.15) is 22.3 Å². The van der Waals surface area contributed by atoms with Gasteiger partial charge in [-0.05, 0) is 36.2 Å². The quantitative estimate of drug-likeness (QED) is 0.828. The minimum absolute atomic E-state index is 0.144. The molecule has 0 bridgehead atoms. The lowest BCUT2D eigenvalue weighted by molar-refractivity contribution is -0.121. The smallest absolute Gasteiger partial charge is 0.269 e. The summed E-state index contributed by atoms with van der Waals surface area (Å²) in [6, 6.07) is 8.53. The van der Waals surface area contributed by atoms with Crippen LogP contribution >= 0.6 is 0 Å². The Morgan fingerprint density at radius 2 is 2.00 bits per heavy atom. The summed E-state index contributed by atoms with van der Waals surface area (Å²) < 4.78 is 10.4. The fraction of sp³-hybridized carbons (Fsp3) is 0.188. The maximum atomic E-state index is 12.0. The van der Waals surface area contributed by atoms with Crippen LogP contribution in [-0.4, -0.2) is 23.6 Å². The minimum atomic E-state index is -0.418. The normalized spacial score (nSPS) is 11.8. The molecule has 1 aliphatic heterocycles. The van der Waals surface area contributed by atoms with Crippen LogP contribution in [0.3, 0.4) is 0 Å². The summed E-state index contributed by atoms with van der Waals surface area (Å²) >= 11 is 0. The molecule has 1 aliphatic rings. The van der Waals surface area contributed by atoms with E-state index in [2.05, 4.69) is 15.8 Å². The number of nitrogens with one attached hydrogen (secondary N) is 2. The lowest BCUT2D eigenvalue weighted by Crippen LogP contribution is -2.41. The van der Waals surface area contributed by atoms with Gasteiger partial charge >= 0.3 is 0 Å². The molecule has 1 aromatic carbocycles. The zero-order valence-corrected chi connectivity index (χ0v) is 12.2. The fourth-order valence-electron chi connectivity index (χ4n) is 2.10. The molecule has 2 heterocycles. The number of amides is 2. The summed E-state index contributed by atoms with van der Waals surface area (Å²) in [6.45, 7) is 0.144. The lowest BCUT2D eigenvalue weighted by Gasteiger charge is -2.08. The first-order valence-electron chi connectivity index (χ1n) is 7.10. The first kappa shape index (κ1) is 14.8. The van der Waals surface area contributed by atoms with Crippen LogP contribution < -0.4 is 20.3 Å². The first-order chi connectivity index (χ1) is 11.2. The number of fused-ring (bicyclic) bond motifs is 1. The van der Waals surface area contributed by atoms with Crippen molar-refractivity contribution in [1.29, 1.82) is 0 Å². The standard InChI is InChI=1S/C16H15N3O4/c20-15(6-3-11-2-1-7-17-9-11)18-19-16(21)12-4-5-13-14(8-12)23-10-22-13/h1-2,4-5,7-9H,3,6,10H2,(H,18,20)(H,19,21). The largest absolute Gasteiger partial charge is 0.454 e. The molecule has 0 unspecified atom stereocenters. The van der Waals surface area contributed by atoms with Crippen LogP contribution in [-0.2, 0) is 11.2 Å². The number of carbonyl (C=O) groups is 2. The third-order valence-corrected chi connectivity index (χ3v) is 3.31. The Hall–Kier alpha value is -3.09. The predicted molar refractivity (Wildman–Crippen MR) is 80.7 cm³/mol. The number of aromatic nitrogens is 1. The van der Waals surface area contributed by atoms with Crippen LogP contribution in [0, 0.1) is 0 Å². The van der Waals surface area contributed by atoms with E-state index in [1.807, 2.05) is 12.1 Å². The summed E-state index contributed by atoms with van der Waals surface area (Å²) in [5, 5.41) is 0. The van der Waals surface area contributed by atoms with Gasteiger partial charge in [-0.2, -0.15) is 0 Å². The lowest BCUT2D eigenvalue weighted by atomic mass is 10.1. The van der Waals surface area contributed by atoms with E-state index >= 15 is 0 Å². The Bertz CT molecular complexity index is 719. The highest BCUT2D eigenvalue weighted by molar-refractivity contribution is 5.96. The number of ether oxygens (including phenoxy) is 2. The van der Waals surface area contributed by atoms with E-state index in [1.54, 1.807) is 30.6 Å². The maximum Gasteiger partial charge on any atom is 0.269 e. The van der Waals surface area contributed by atoms with Crippen molar-refractivity contribution in [3.8, 4) is 11.5 Å². The molecule has 0 fully saturated rings. The van der Waals surface area contributed by atoms with Gasteiger partial charge in [0.2, 0.25) is 12.7 Å². The second-order valence-corrected chi connectivity index (χ2v) is 4.93. The molecule has 0 saturated carbocycles. The topological polar surface area (TPSA) is 89.6 Å². The second kappa shape index (κ2) is 6.78. The summed E-state index contributed by atoms with van der Waals surface area (Å²) in [5.74, 6) is 0.420. The molecule has 0 spiro atoms. The molecular formula is C16H15N3O4. The van der Waals surface area contributed by atoms with Crippen LogP contribution in [0.25, 0.3) is 0 Å². The van der Waals surface area contributed by atoms with Gasteiger partial charge in [0.1, 0.15) is 0 Å². The first-order valence-corrected chi connectivity index (χ1v) is 7.10. The van der Waals surface area contributed by atoms with Gasteiger partial charge in [0.15, 0.2) is 11.5 Å². The summed E-state index contributed by atoms with van der Waals surface area (Å²) in [7, 11) is 0. The molecule has 0 saturated heterocycles. The van der Waals surface area contributed by atoms with Gasteiger partial charge in [0.25, 0.3) is 5.91 Å². The molecule has 2 aromatic rings. The third-order valence-electron chi connectivity index (χ3n) is 3.31. The van der Waals surface area contributed by atoms with Crippen LogP contribution in [0.5, 0.6) is 11.5 Å². The number of pyridine rings is 1. The monoisotopic (exact) mass is 313 g/mol. The van der Waals surface area contributed by atoms with Gasteiger partial charge in [0.05, 0.1) is 0 Å². The van der Waals surface area contributed by atoms with E-state index < -0.39 is 5.91 Å². The number of hydrogen-bond donors (Lipinski definition) is 2. The van der Waals surface area contributed by atoms with Gasteiger partial charge in [-0.25, -0.2) is 0 Å². The molecule has 3 rings (SSSR count). The molecule has 0 radical (unpaired) electrons. The minimum Gasteiger partial charge on any atom is -0.454 e. The van der Waals surface area contributed by atoms with Gasteiger partial charge in [-0.15, -0.1) is 0 Å². The van der Waals surface area contributed by atoms with Crippen LogP contribution in [0.2, 0.25) is 0 Å². The van der Waals surface area contributed by atoms with Crippen molar-refractivity contribution in [1.82, 2.24) is 15.8 Å². The van der Waals surface area contributed by atoms with E-state index in [9.17, 15) is 9.59 Å². The highest BCUT2D eigenvalue weighted by Crippen LogP contribution is 2.32. The highest BCUT2D eigenvalue weighted by atomic mass is 16.7. The van der Waals surface area contributed by atoms with Crippen molar-refractivity contribution < 1.29 is 19.1 Å². The molecular weight excluding hydrogens is 298 g/mol. The van der Waals surface area contributed by atoms with E-state index in [4.69, 9.17) is 9.47 Å². The third kappa shape index (κ3) is 3.76. The van der Waals surface area contributed by atoms with E-state index in [0.29, 0.717) is 23.5 Å². The molecule has 7 heteroatoms. The number of nitrogens with zero attached hydrogens (tertiary/aromatic N) is 1. The van der Waals surface area contributed by atoms with Crippen molar-refractivity contribution >= 4 is 11.8 Å². The number of aryl methyl sites for hydroxylation is 1. The maximum absolute atomic E-state index is 12.0. The van der Waals surface area contributed by atoms with Gasteiger partial charge in [-0.1, -0.05) is 6.07 Å². The van der Waals surface area contributed by atoms with Crippen molar-refractivity contribution in [3.05, 3.63) is 53.9 Å². The molecule has 1 aromatic heterocycles. The molecule has 2 N–H and O–H groups in total. The molecule has 0 aliphatic carbocycles. The van der Waals surface area contributed by atoms with Crippen molar-refractivity contribution in [2.75, 3.05) is 6.79 Å². The summed E-state index contributed by atoms with van der Waals surface area (Å²) in [6.07, 6.45) is 4.19. The summed E-state index contributed by atoms with van der Waals surface area (Å²) in [5.41, 5.74) is 6.10. The Balaban J connectivity index is 1.48. The molecule has 0 atom stereocenters. The molecule has 7 nitrogen and oxygen atoms in total. The number of rotatable bonds is 4. The Kier molecular flexibility index (Phi) is 4.37. The molecule has 118 valence electrons. The Labute approximate surface area is 132 Å². The number of hydrogen-bond acceptors (Lipinski definition) is 5. The average Bonchev–Trinajstić information content (AvgIpc) is 3.06. The van der Waals surface area contributed by atoms with Gasteiger partial charge < -0.3 is 9.47 Å². The van der Waals surface area contributed by atoms with E-state index in [0.717, 1.165) is 5.56 Å². The van der Waals surface area contributed by atoms with Crippen LogP contribution in [0.15, 0.2) is 42.7 Å². The van der Waals surface area contributed by atoms with Crippen molar-refractivity contribution in [3.63, 3.8) is 0 Å². The van der Waals surface area contributed by atoms with Crippen molar-refractivity contribution in [2.45, 2.75) is 12.8 Å². The average molecular weight is 313 g/mol. The second-order valence-electron chi connectivity index (χ2n) is 4.93.